The number of rotatable bonds is 3. The third-order valence-corrected chi connectivity index (χ3v) is 4.75. The number of thiophene rings is 1. The molecule has 0 spiro atoms. The number of para-hydroxylation sites is 1. The van der Waals surface area contributed by atoms with E-state index in [-0.39, 0.29) is 5.91 Å². The third kappa shape index (κ3) is 3.17. The Morgan fingerprint density at radius 2 is 1.74 bits per heavy atom. The zero-order chi connectivity index (χ0) is 16.4. The van der Waals surface area contributed by atoms with Crippen molar-refractivity contribution >= 4 is 22.9 Å². The number of benzene rings is 1. The molecule has 0 aliphatic heterocycles. The van der Waals surface area contributed by atoms with E-state index in [1.165, 1.54) is 4.88 Å². The van der Waals surface area contributed by atoms with E-state index in [2.05, 4.69) is 10.3 Å². The molecule has 3 aromatic rings. The van der Waals surface area contributed by atoms with Gasteiger partial charge in [0.2, 0.25) is 0 Å². The molecule has 116 valence electrons. The van der Waals surface area contributed by atoms with Gasteiger partial charge in [0.15, 0.2) is 0 Å². The van der Waals surface area contributed by atoms with Crippen molar-refractivity contribution in [2.75, 3.05) is 5.32 Å². The SMILES string of the molecule is Cc1ccc(-c2ncccc2C(=O)Nc2c(C)cccc2C)s1. The smallest absolute Gasteiger partial charge is 0.257 e. The molecule has 1 N–H and O–H groups in total. The number of aromatic nitrogens is 1. The maximum atomic E-state index is 12.8. The number of carbonyl (C=O) groups is 1. The first-order valence-corrected chi connectivity index (χ1v) is 8.27. The number of hydrogen-bond donors (Lipinski definition) is 1. The summed E-state index contributed by atoms with van der Waals surface area (Å²) in [5.41, 5.74) is 4.30. The fourth-order valence-electron chi connectivity index (χ4n) is 2.54. The Kier molecular flexibility index (Phi) is 4.26. The van der Waals surface area contributed by atoms with Crippen molar-refractivity contribution in [1.82, 2.24) is 4.98 Å². The number of pyridine rings is 1. The fourth-order valence-corrected chi connectivity index (χ4v) is 3.42. The standard InChI is InChI=1S/C19H18N2OS/c1-12-6-4-7-13(2)17(12)21-19(22)15-8-5-11-20-18(15)16-10-9-14(3)23-16/h4-11H,1-3H3,(H,21,22). The predicted octanol–water partition coefficient (Wildman–Crippen LogP) is 4.99. The maximum Gasteiger partial charge on any atom is 0.257 e. The number of amides is 1. The lowest BCUT2D eigenvalue weighted by Gasteiger charge is -2.12. The monoisotopic (exact) mass is 322 g/mol. The van der Waals surface area contributed by atoms with Gasteiger partial charge in [0, 0.05) is 16.8 Å². The van der Waals surface area contributed by atoms with E-state index in [1.54, 1.807) is 23.6 Å². The molecule has 3 rings (SSSR count). The highest BCUT2D eigenvalue weighted by atomic mass is 32.1. The summed E-state index contributed by atoms with van der Waals surface area (Å²) >= 11 is 1.64. The lowest BCUT2D eigenvalue weighted by Crippen LogP contribution is -2.15. The van der Waals surface area contributed by atoms with Gasteiger partial charge in [-0.1, -0.05) is 18.2 Å². The highest BCUT2D eigenvalue weighted by molar-refractivity contribution is 7.15. The number of carbonyl (C=O) groups excluding carboxylic acids is 1. The Balaban J connectivity index is 1.98. The number of hydrogen-bond acceptors (Lipinski definition) is 3. The normalized spacial score (nSPS) is 10.6. The first-order chi connectivity index (χ1) is 11.1. The molecule has 0 fully saturated rings. The zero-order valence-electron chi connectivity index (χ0n) is 13.4. The van der Waals surface area contributed by atoms with E-state index in [1.807, 2.05) is 57.2 Å². The van der Waals surface area contributed by atoms with Crippen LogP contribution in [0.3, 0.4) is 0 Å². The first kappa shape index (κ1) is 15.4. The van der Waals surface area contributed by atoms with Crippen LogP contribution in [0.1, 0.15) is 26.4 Å². The molecule has 2 aromatic heterocycles. The molecule has 4 heteroatoms. The average molecular weight is 322 g/mol. The summed E-state index contributed by atoms with van der Waals surface area (Å²) in [6.07, 6.45) is 1.72. The molecule has 0 saturated carbocycles. The van der Waals surface area contributed by atoms with Crippen molar-refractivity contribution in [2.45, 2.75) is 20.8 Å². The van der Waals surface area contributed by atoms with E-state index in [9.17, 15) is 4.79 Å². The van der Waals surface area contributed by atoms with Crippen LogP contribution < -0.4 is 5.32 Å². The highest BCUT2D eigenvalue weighted by Crippen LogP contribution is 2.29. The number of anilines is 1. The second-order valence-electron chi connectivity index (χ2n) is 5.53. The van der Waals surface area contributed by atoms with Crippen LogP contribution in [0.25, 0.3) is 10.6 Å². The Hall–Kier alpha value is -2.46. The molecule has 0 saturated heterocycles. The lowest BCUT2D eigenvalue weighted by molar-refractivity contribution is 0.102. The van der Waals surface area contributed by atoms with E-state index >= 15 is 0 Å². The summed E-state index contributed by atoms with van der Waals surface area (Å²) in [5, 5.41) is 3.04. The maximum absolute atomic E-state index is 12.8. The van der Waals surface area contributed by atoms with E-state index in [0.717, 1.165) is 27.4 Å². The van der Waals surface area contributed by atoms with Gasteiger partial charge < -0.3 is 5.32 Å². The summed E-state index contributed by atoms with van der Waals surface area (Å²) in [6, 6.07) is 13.7. The van der Waals surface area contributed by atoms with Gasteiger partial charge in [-0.3, -0.25) is 9.78 Å². The molecule has 0 aliphatic carbocycles. The summed E-state index contributed by atoms with van der Waals surface area (Å²) in [5.74, 6) is -0.128. The van der Waals surface area contributed by atoms with Gasteiger partial charge in [-0.05, 0) is 56.2 Å². The molecule has 0 aliphatic rings. The van der Waals surface area contributed by atoms with Crippen molar-refractivity contribution in [3.63, 3.8) is 0 Å². The summed E-state index contributed by atoms with van der Waals surface area (Å²) in [4.78, 5) is 19.4. The Labute approximate surface area is 140 Å². The minimum absolute atomic E-state index is 0.128. The Morgan fingerprint density at radius 3 is 2.39 bits per heavy atom. The molecular weight excluding hydrogens is 304 g/mol. The molecule has 0 unspecified atom stereocenters. The largest absolute Gasteiger partial charge is 0.321 e. The molecule has 0 radical (unpaired) electrons. The molecule has 3 nitrogen and oxygen atoms in total. The highest BCUT2D eigenvalue weighted by Gasteiger charge is 2.16. The molecular formula is C19H18N2OS. The first-order valence-electron chi connectivity index (χ1n) is 7.45. The van der Waals surface area contributed by atoms with E-state index in [0.29, 0.717) is 5.56 Å². The summed E-state index contributed by atoms with van der Waals surface area (Å²) in [6.45, 7) is 6.04. The Bertz CT molecular complexity index is 847. The fraction of sp³-hybridized carbons (Fsp3) is 0.158. The van der Waals surface area contributed by atoms with E-state index < -0.39 is 0 Å². The predicted molar refractivity (Wildman–Crippen MR) is 96.2 cm³/mol. The summed E-state index contributed by atoms with van der Waals surface area (Å²) in [7, 11) is 0. The lowest BCUT2D eigenvalue weighted by atomic mass is 10.1. The van der Waals surface area contributed by atoms with Crippen LogP contribution in [0.5, 0.6) is 0 Å². The Morgan fingerprint density at radius 1 is 1.00 bits per heavy atom. The molecule has 0 bridgehead atoms. The van der Waals surface area contributed by atoms with E-state index in [4.69, 9.17) is 0 Å². The quantitative estimate of drug-likeness (QED) is 0.738. The summed E-state index contributed by atoms with van der Waals surface area (Å²) < 4.78 is 0. The van der Waals surface area contributed by atoms with Gasteiger partial charge >= 0.3 is 0 Å². The minimum atomic E-state index is -0.128. The van der Waals surface area contributed by atoms with Crippen LogP contribution in [0, 0.1) is 20.8 Å². The number of nitrogens with one attached hydrogen (secondary N) is 1. The molecule has 2 heterocycles. The van der Waals surface area contributed by atoms with Gasteiger partial charge in [-0.25, -0.2) is 0 Å². The van der Waals surface area contributed by atoms with Crippen molar-refractivity contribution in [2.24, 2.45) is 0 Å². The number of nitrogens with zero attached hydrogens (tertiary/aromatic N) is 1. The average Bonchev–Trinajstić information content (AvgIpc) is 2.97. The van der Waals surface area contributed by atoms with Gasteiger partial charge in [-0.2, -0.15) is 0 Å². The molecule has 0 atom stereocenters. The molecule has 1 aromatic carbocycles. The van der Waals surface area contributed by atoms with Gasteiger partial charge in [-0.15, -0.1) is 11.3 Å². The van der Waals surface area contributed by atoms with Crippen LogP contribution in [0.2, 0.25) is 0 Å². The third-order valence-electron chi connectivity index (χ3n) is 3.75. The second kappa shape index (κ2) is 6.34. The van der Waals surface area contributed by atoms with Crippen molar-refractivity contribution in [1.29, 1.82) is 0 Å². The van der Waals surface area contributed by atoms with Crippen LogP contribution in [-0.2, 0) is 0 Å². The number of aryl methyl sites for hydroxylation is 3. The van der Waals surface area contributed by atoms with Gasteiger partial charge in [0.05, 0.1) is 16.1 Å². The van der Waals surface area contributed by atoms with Crippen LogP contribution in [-0.4, -0.2) is 10.9 Å². The van der Waals surface area contributed by atoms with Crippen LogP contribution >= 0.6 is 11.3 Å². The van der Waals surface area contributed by atoms with Crippen LogP contribution in [0.15, 0.2) is 48.7 Å². The van der Waals surface area contributed by atoms with Gasteiger partial charge in [0.1, 0.15) is 0 Å². The second-order valence-corrected chi connectivity index (χ2v) is 6.82. The zero-order valence-corrected chi connectivity index (χ0v) is 14.2. The molecule has 1 amide bonds. The molecule has 23 heavy (non-hydrogen) atoms. The van der Waals surface area contributed by atoms with Crippen molar-refractivity contribution < 1.29 is 4.79 Å². The van der Waals surface area contributed by atoms with Crippen molar-refractivity contribution in [3.8, 4) is 10.6 Å². The van der Waals surface area contributed by atoms with Crippen LogP contribution in [0.4, 0.5) is 5.69 Å². The topological polar surface area (TPSA) is 42.0 Å². The van der Waals surface area contributed by atoms with Crippen molar-refractivity contribution in [3.05, 3.63) is 70.2 Å². The minimum Gasteiger partial charge on any atom is -0.321 e. The van der Waals surface area contributed by atoms with Gasteiger partial charge in [0.25, 0.3) is 5.91 Å².